The number of carbonyl (C=O) groups is 4. The fourth-order valence-electron chi connectivity index (χ4n) is 2.22. The van der Waals surface area contributed by atoms with E-state index in [2.05, 4.69) is 4.99 Å². The summed E-state index contributed by atoms with van der Waals surface area (Å²) in [5, 5.41) is 9.16. The standard InChI is InChI=1S/C23H32N2O5/c1-21(2,3)18(28)24-16(14-10-12-15(13-11-14)17(26)27)25(19(29)22(4,5)6)20(30)23(7,8)9/h10-13H,1-9H3,(H,26,27). The van der Waals surface area contributed by atoms with Gasteiger partial charge in [-0.15, -0.1) is 0 Å². The number of amidine groups is 1. The first-order valence-electron chi connectivity index (χ1n) is 9.73. The summed E-state index contributed by atoms with van der Waals surface area (Å²) >= 11 is 0. The van der Waals surface area contributed by atoms with Crippen molar-refractivity contribution in [3.05, 3.63) is 35.4 Å². The van der Waals surface area contributed by atoms with E-state index >= 15 is 0 Å². The molecule has 1 N–H and O–H groups in total. The number of hydrogen-bond acceptors (Lipinski definition) is 4. The van der Waals surface area contributed by atoms with E-state index in [1.165, 1.54) is 24.3 Å². The van der Waals surface area contributed by atoms with Crippen LogP contribution in [0.3, 0.4) is 0 Å². The molecule has 0 aliphatic heterocycles. The van der Waals surface area contributed by atoms with E-state index in [0.717, 1.165) is 4.90 Å². The van der Waals surface area contributed by atoms with E-state index in [-0.39, 0.29) is 11.4 Å². The first-order valence-corrected chi connectivity index (χ1v) is 9.73. The van der Waals surface area contributed by atoms with Gasteiger partial charge >= 0.3 is 5.97 Å². The number of benzene rings is 1. The van der Waals surface area contributed by atoms with Gasteiger partial charge in [0, 0.05) is 21.8 Å². The Morgan fingerprint density at radius 2 is 1.07 bits per heavy atom. The summed E-state index contributed by atoms with van der Waals surface area (Å²) < 4.78 is 0. The Morgan fingerprint density at radius 1 is 0.700 bits per heavy atom. The molecule has 1 aromatic rings. The molecular formula is C23H32N2O5. The maximum Gasteiger partial charge on any atom is 0.335 e. The minimum atomic E-state index is -1.11. The van der Waals surface area contributed by atoms with Crippen molar-refractivity contribution in [3.8, 4) is 0 Å². The largest absolute Gasteiger partial charge is 0.478 e. The Hall–Kier alpha value is -2.83. The molecule has 1 rings (SSSR count). The number of carboxylic acids is 1. The Bertz CT molecular complexity index is 850. The first-order chi connectivity index (χ1) is 13.4. The summed E-state index contributed by atoms with van der Waals surface area (Å²) in [4.78, 5) is 55.7. The molecule has 0 saturated heterocycles. The lowest BCUT2D eigenvalue weighted by atomic mass is 9.89. The quantitative estimate of drug-likeness (QED) is 0.576. The molecule has 0 spiro atoms. The minimum Gasteiger partial charge on any atom is -0.478 e. The zero-order valence-electron chi connectivity index (χ0n) is 19.3. The molecule has 0 unspecified atom stereocenters. The van der Waals surface area contributed by atoms with Crippen molar-refractivity contribution in [1.82, 2.24) is 4.90 Å². The molecule has 7 heteroatoms. The first kappa shape index (κ1) is 25.2. The van der Waals surface area contributed by atoms with Crippen molar-refractivity contribution in [2.75, 3.05) is 0 Å². The highest BCUT2D eigenvalue weighted by Gasteiger charge is 2.40. The van der Waals surface area contributed by atoms with Gasteiger partial charge in [0.2, 0.25) is 11.8 Å². The van der Waals surface area contributed by atoms with Gasteiger partial charge < -0.3 is 5.11 Å². The molecule has 0 heterocycles. The van der Waals surface area contributed by atoms with E-state index in [4.69, 9.17) is 5.11 Å². The van der Waals surface area contributed by atoms with Crippen LogP contribution in [0.25, 0.3) is 0 Å². The Kier molecular flexibility index (Phi) is 7.14. The lowest BCUT2D eigenvalue weighted by Crippen LogP contribution is -2.51. The summed E-state index contributed by atoms with van der Waals surface area (Å²) in [6.07, 6.45) is 0. The maximum absolute atomic E-state index is 13.3. The van der Waals surface area contributed by atoms with Gasteiger partial charge in [0.1, 0.15) is 0 Å². The van der Waals surface area contributed by atoms with Crippen molar-refractivity contribution < 1.29 is 24.3 Å². The summed E-state index contributed by atoms with van der Waals surface area (Å²) in [6, 6.07) is 5.57. The van der Waals surface area contributed by atoms with Crippen LogP contribution in [0.5, 0.6) is 0 Å². The number of aromatic carboxylic acids is 1. The van der Waals surface area contributed by atoms with E-state index in [0.29, 0.717) is 5.56 Å². The van der Waals surface area contributed by atoms with Crippen LogP contribution in [0, 0.1) is 16.2 Å². The molecule has 0 aromatic heterocycles. The van der Waals surface area contributed by atoms with Gasteiger partial charge in [-0.3, -0.25) is 14.4 Å². The van der Waals surface area contributed by atoms with Crippen molar-refractivity contribution in [1.29, 1.82) is 0 Å². The van der Waals surface area contributed by atoms with E-state index in [9.17, 15) is 19.2 Å². The van der Waals surface area contributed by atoms with Crippen molar-refractivity contribution >= 4 is 29.5 Å². The Labute approximate surface area is 178 Å². The summed E-state index contributed by atoms with van der Waals surface area (Å²) in [7, 11) is 0. The van der Waals surface area contributed by atoms with Gasteiger partial charge in [-0.25, -0.2) is 9.69 Å². The van der Waals surface area contributed by atoms with Gasteiger partial charge in [0.05, 0.1) is 5.56 Å². The number of imide groups is 1. The Morgan fingerprint density at radius 3 is 1.37 bits per heavy atom. The highest BCUT2D eigenvalue weighted by molar-refractivity contribution is 6.22. The fourth-order valence-corrected chi connectivity index (χ4v) is 2.22. The maximum atomic E-state index is 13.3. The van der Waals surface area contributed by atoms with Crippen LogP contribution in [-0.4, -0.2) is 39.5 Å². The topological polar surface area (TPSA) is 104 Å². The molecule has 0 bridgehead atoms. The number of nitrogens with zero attached hydrogens (tertiary/aromatic N) is 2. The van der Waals surface area contributed by atoms with Crippen molar-refractivity contribution in [2.24, 2.45) is 21.2 Å². The number of rotatable bonds is 2. The normalized spacial score (nSPS) is 13.0. The lowest BCUT2D eigenvalue weighted by Gasteiger charge is -2.33. The zero-order valence-corrected chi connectivity index (χ0v) is 19.3. The van der Waals surface area contributed by atoms with Gasteiger partial charge in [0.15, 0.2) is 5.84 Å². The smallest absolute Gasteiger partial charge is 0.335 e. The molecule has 7 nitrogen and oxygen atoms in total. The number of hydrogen-bond donors (Lipinski definition) is 1. The van der Waals surface area contributed by atoms with Crippen molar-refractivity contribution in [3.63, 3.8) is 0 Å². The third-order valence-corrected chi connectivity index (χ3v) is 4.14. The van der Waals surface area contributed by atoms with E-state index in [1.54, 1.807) is 62.3 Å². The zero-order chi connectivity index (χ0) is 23.7. The molecule has 3 amide bonds. The monoisotopic (exact) mass is 416 g/mol. The average molecular weight is 417 g/mol. The number of carboxylic acid groups (broad SMARTS) is 1. The summed E-state index contributed by atoms with van der Waals surface area (Å²) in [5.41, 5.74) is -2.35. The van der Waals surface area contributed by atoms with Crippen LogP contribution in [-0.2, 0) is 14.4 Å². The van der Waals surface area contributed by atoms with Gasteiger partial charge in [-0.1, -0.05) is 74.4 Å². The molecule has 30 heavy (non-hydrogen) atoms. The average Bonchev–Trinajstić information content (AvgIpc) is 2.58. The number of amides is 3. The molecule has 0 aliphatic rings. The SMILES string of the molecule is CC(C)(C)C(=O)N=C(c1ccc(C(=O)O)cc1)N(C(=O)C(C)(C)C)C(=O)C(C)(C)C. The van der Waals surface area contributed by atoms with Crippen LogP contribution < -0.4 is 0 Å². The molecule has 0 saturated carbocycles. The van der Waals surface area contributed by atoms with E-state index in [1.807, 2.05) is 0 Å². The van der Waals surface area contributed by atoms with Gasteiger partial charge in [-0.05, 0) is 12.1 Å². The molecule has 1 aromatic carbocycles. The number of carbonyl (C=O) groups excluding carboxylic acids is 3. The predicted octanol–water partition coefficient (Wildman–Crippen LogP) is 4.15. The van der Waals surface area contributed by atoms with E-state index < -0.39 is 39.9 Å². The lowest BCUT2D eigenvalue weighted by molar-refractivity contribution is -0.149. The second-order valence-corrected chi connectivity index (χ2v) is 10.3. The molecular weight excluding hydrogens is 384 g/mol. The van der Waals surface area contributed by atoms with Crippen LogP contribution in [0.1, 0.15) is 78.2 Å². The highest BCUT2D eigenvalue weighted by atomic mass is 16.4. The highest BCUT2D eigenvalue weighted by Crippen LogP contribution is 2.27. The summed E-state index contributed by atoms with van der Waals surface area (Å²) in [5.74, 6) is -2.74. The minimum absolute atomic E-state index is 0.0380. The summed E-state index contributed by atoms with van der Waals surface area (Å²) in [6.45, 7) is 15.1. The Balaban J connectivity index is 3.83. The molecule has 0 atom stereocenters. The van der Waals surface area contributed by atoms with Crippen LogP contribution in [0.15, 0.2) is 29.3 Å². The number of aliphatic imine (C=N–C) groups is 1. The van der Waals surface area contributed by atoms with Gasteiger partial charge in [0.25, 0.3) is 5.91 Å². The third kappa shape index (κ3) is 6.08. The van der Waals surface area contributed by atoms with Gasteiger partial charge in [-0.2, -0.15) is 4.99 Å². The van der Waals surface area contributed by atoms with Crippen LogP contribution in [0.2, 0.25) is 0 Å². The predicted molar refractivity (Wildman–Crippen MR) is 115 cm³/mol. The molecule has 0 aliphatic carbocycles. The van der Waals surface area contributed by atoms with Crippen LogP contribution >= 0.6 is 0 Å². The third-order valence-electron chi connectivity index (χ3n) is 4.14. The fraction of sp³-hybridized carbons (Fsp3) is 0.522. The molecule has 0 fully saturated rings. The molecule has 0 radical (unpaired) electrons. The second kappa shape index (κ2) is 8.50. The molecule has 164 valence electrons. The van der Waals surface area contributed by atoms with Crippen molar-refractivity contribution in [2.45, 2.75) is 62.3 Å². The second-order valence-electron chi connectivity index (χ2n) is 10.3. The van der Waals surface area contributed by atoms with Crippen LogP contribution in [0.4, 0.5) is 0 Å².